The van der Waals surface area contributed by atoms with Crippen molar-refractivity contribution in [1.29, 1.82) is 0 Å². The Bertz CT molecular complexity index is 451. The van der Waals surface area contributed by atoms with E-state index in [1.54, 1.807) is 5.01 Å². The van der Waals surface area contributed by atoms with Crippen LogP contribution in [-0.2, 0) is 0 Å². The third-order valence-electron chi connectivity index (χ3n) is 2.36. The Kier molecular flexibility index (Phi) is 4.23. The number of hydrazone groups is 1. The van der Waals surface area contributed by atoms with Gasteiger partial charge >= 0.3 is 0 Å². The largest absolute Gasteiger partial charge is 0.374 e. The molecule has 0 unspecified atom stereocenters. The van der Waals surface area contributed by atoms with Crippen molar-refractivity contribution in [3.8, 4) is 0 Å². The smallest absolute Gasteiger partial charge is 0.191 e. The highest BCUT2D eigenvalue weighted by atomic mass is 32.1. The molecular weight excluding hydrogens is 230 g/mol. The predicted octanol–water partition coefficient (Wildman–Crippen LogP) is 3.06. The van der Waals surface area contributed by atoms with Crippen LogP contribution in [0, 0.1) is 20.8 Å². The van der Waals surface area contributed by atoms with E-state index < -0.39 is 0 Å². The Hall–Kier alpha value is -1.42. The second-order valence-corrected chi connectivity index (χ2v) is 4.86. The molecule has 1 aromatic carbocycles. The average Bonchev–Trinajstić information content (AvgIpc) is 2.13. The topological polar surface area (TPSA) is 41.6 Å². The molecule has 1 aromatic rings. The Morgan fingerprint density at radius 3 is 2.00 bits per heavy atom. The van der Waals surface area contributed by atoms with E-state index in [4.69, 9.17) is 18.0 Å². The third kappa shape index (κ3) is 3.27. The van der Waals surface area contributed by atoms with Gasteiger partial charge in [0.15, 0.2) is 5.11 Å². The van der Waals surface area contributed by atoms with Crippen molar-refractivity contribution in [1.82, 2.24) is 0 Å². The van der Waals surface area contributed by atoms with Crippen LogP contribution in [0.15, 0.2) is 17.2 Å². The lowest BCUT2D eigenvalue weighted by Crippen LogP contribution is -2.32. The second-order valence-electron chi connectivity index (χ2n) is 4.44. The van der Waals surface area contributed by atoms with Crippen molar-refractivity contribution in [3.63, 3.8) is 0 Å². The van der Waals surface area contributed by atoms with Crippen LogP contribution in [0.2, 0.25) is 0 Å². The summed E-state index contributed by atoms with van der Waals surface area (Å²) in [6.45, 7) is 10.00. The van der Waals surface area contributed by atoms with Crippen LogP contribution >= 0.6 is 12.2 Å². The van der Waals surface area contributed by atoms with E-state index in [1.165, 1.54) is 5.56 Å². The molecule has 92 valence electrons. The number of thiocarbonyl (C=S) groups is 1. The van der Waals surface area contributed by atoms with Gasteiger partial charge in [-0.25, -0.2) is 5.01 Å². The maximum absolute atomic E-state index is 5.74. The molecule has 0 spiro atoms. The molecule has 2 N–H and O–H groups in total. The van der Waals surface area contributed by atoms with Gasteiger partial charge in [0.25, 0.3) is 0 Å². The van der Waals surface area contributed by atoms with Gasteiger partial charge in [-0.2, -0.15) is 5.10 Å². The van der Waals surface area contributed by atoms with Crippen LogP contribution in [0.25, 0.3) is 0 Å². The number of anilines is 1. The molecule has 0 saturated heterocycles. The molecule has 0 fully saturated rings. The minimum absolute atomic E-state index is 0.265. The minimum Gasteiger partial charge on any atom is -0.374 e. The van der Waals surface area contributed by atoms with Gasteiger partial charge in [0.1, 0.15) is 0 Å². The fraction of sp³-hybridized carbons (Fsp3) is 0.385. The number of hydrogen-bond donors (Lipinski definition) is 1. The Labute approximate surface area is 108 Å². The maximum atomic E-state index is 5.74. The lowest BCUT2D eigenvalue weighted by Gasteiger charge is -2.22. The first-order valence-corrected chi connectivity index (χ1v) is 5.93. The molecule has 4 heteroatoms. The highest BCUT2D eigenvalue weighted by Gasteiger charge is 2.14. The first kappa shape index (κ1) is 13.6. The summed E-state index contributed by atoms with van der Waals surface area (Å²) in [5, 5.41) is 6.28. The van der Waals surface area contributed by atoms with Crippen molar-refractivity contribution in [3.05, 3.63) is 28.8 Å². The van der Waals surface area contributed by atoms with Crippen molar-refractivity contribution in [2.45, 2.75) is 34.6 Å². The first-order chi connectivity index (χ1) is 7.82. The molecule has 0 aliphatic carbocycles. The molecule has 0 bridgehead atoms. The predicted molar refractivity (Wildman–Crippen MR) is 78.7 cm³/mol. The molecule has 0 radical (unpaired) electrons. The lowest BCUT2D eigenvalue weighted by atomic mass is 10.1. The summed E-state index contributed by atoms with van der Waals surface area (Å²) in [7, 11) is 0. The van der Waals surface area contributed by atoms with Crippen LogP contribution in [-0.4, -0.2) is 10.8 Å². The van der Waals surface area contributed by atoms with Crippen LogP contribution in [0.1, 0.15) is 30.5 Å². The van der Waals surface area contributed by atoms with Gasteiger partial charge in [-0.15, -0.1) is 0 Å². The van der Waals surface area contributed by atoms with E-state index in [1.807, 2.05) is 27.7 Å². The zero-order chi connectivity index (χ0) is 13.2. The standard InChI is InChI=1S/C13H19N3S/c1-8(2)15-16(13(14)17)12-10(4)6-9(3)7-11(12)5/h6-7H,1-5H3,(H2,14,17). The Balaban J connectivity index is 3.38. The monoisotopic (exact) mass is 249 g/mol. The maximum Gasteiger partial charge on any atom is 0.191 e. The van der Waals surface area contributed by atoms with Gasteiger partial charge < -0.3 is 5.73 Å². The van der Waals surface area contributed by atoms with Gasteiger partial charge in [-0.1, -0.05) is 17.7 Å². The van der Waals surface area contributed by atoms with E-state index in [9.17, 15) is 0 Å². The molecular formula is C13H19N3S. The molecule has 0 aromatic heterocycles. The number of nitrogens with two attached hydrogens (primary N) is 1. The number of hydrogen-bond acceptors (Lipinski definition) is 2. The fourth-order valence-corrected chi connectivity index (χ4v) is 2.05. The molecule has 0 amide bonds. The van der Waals surface area contributed by atoms with Crippen molar-refractivity contribution < 1.29 is 0 Å². The molecule has 0 atom stereocenters. The van der Waals surface area contributed by atoms with Gasteiger partial charge in [-0.05, 0) is 58.0 Å². The number of benzene rings is 1. The lowest BCUT2D eigenvalue weighted by molar-refractivity contribution is 1.09. The zero-order valence-corrected chi connectivity index (χ0v) is 11.9. The summed E-state index contributed by atoms with van der Waals surface area (Å²) in [6.07, 6.45) is 0. The van der Waals surface area contributed by atoms with E-state index in [0.717, 1.165) is 22.5 Å². The highest BCUT2D eigenvalue weighted by molar-refractivity contribution is 7.80. The van der Waals surface area contributed by atoms with E-state index in [-0.39, 0.29) is 5.11 Å². The summed E-state index contributed by atoms with van der Waals surface area (Å²) >= 11 is 5.07. The quantitative estimate of drug-likeness (QED) is 0.497. The molecule has 0 heterocycles. The van der Waals surface area contributed by atoms with E-state index in [2.05, 4.69) is 24.2 Å². The summed E-state index contributed by atoms with van der Waals surface area (Å²) in [5.41, 5.74) is 11.1. The number of rotatable bonds is 2. The fourth-order valence-electron chi connectivity index (χ4n) is 1.92. The number of aryl methyl sites for hydroxylation is 3. The molecule has 0 aliphatic heterocycles. The molecule has 17 heavy (non-hydrogen) atoms. The summed E-state index contributed by atoms with van der Waals surface area (Å²) < 4.78 is 0. The van der Waals surface area contributed by atoms with Crippen LogP contribution in [0.5, 0.6) is 0 Å². The van der Waals surface area contributed by atoms with Gasteiger partial charge in [-0.3, -0.25) is 0 Å². The summed E-state index contributed by atoms with van der Waals surface area (Å²) in [5.74, 6) is 0. The normalized spacial score (nSPS) is 9.94. The molecule has 0 saturated carbocycles. The van der Waals surface area contributed by atoms with Gasteiger partial charge in [0, 0.05) is 5.71 Å². The van der Waals surface area contributed by atoms with Gasteiger partial charge in [0.05, 0.1) is 5.69 Å². The van der Waals surface area contributed by atoms with Crippen molar-refractivity contribution in [2.24, 2.45) is 10.8 Å². The second kappa shape index (κ2) is 5.27. The SMILES string of the molecule is CC(C)=NN(C(N)=S)c1c(C)cc(C)cc1C. The third-order valence-corrected chi connectivity index (χ3v) is 2.53. The van der Waals surface area contributed by atoms with Crippen LogP contribution < -0.4 is 10.7 Å². The van der Waals surface area contributed by atoms with E-state index in [0.29, 0.717) is 0 Å². The Morgan fingerprint density at radius 2 is 1.65 bits per heavy atom. The summed E-state index contributed by atoms with van der Waals surface area (Å²) in [6, 6.07) is 4.21. The van der Waals surface area contributed by atoms with Crippen LogP contribution in [0.4, 0.5) is 5.69 Å². The molecule has 0 aliphatic rings. The highest BCUT2D eigenvalue weighted by Crippen LogP contribution is 2.26. The first-order valence-electron chi connectivity index (χ1n) is 5.52. The Morgan fingerprint density at radius 1 is 1.18 bits per heavy atom. The van der Waals surface area contributed by atoms with Gasteiger partial charge in [0.2, 0.25) is 0 Å². The number of nitrogens with zero attached hydrogens (tertiary/aromatic N) is 2. The van der Waals surface area contributed by atoms with Crippen LogP contribution in [0.3, 0.4) is 0 Å². The molecule has 1 rings (SSSR count). The van der Waals surface area contributed by atoms with Crippen molar-refractivity contribution in [2.75, 3.05) is 5.01 Å². The summed E-state index contributed by atoms with van der Waals surface area (Å²) in [4.78, 5) is 0. The minimum atomic E-state index is 0.265. The molecule has 3 nitrogen and oxygen atoms in total. The van der Waals surface area contributed by atoms with E-state index >= 15 is 0 Å². The average molecular weight is 249 g/mol. The zero-order valence-electron chi connectivity index (χ0n) is 11.0. The van der Waals surface area contributed by atoms with Crippen molar-refractivity contribution >= 4 is 28.7 Å².